The van der Waals surface area contributed by atoms with E-state index in [0.717, 1.165) is 0 Å². The van der Waals surface area contributed by atoms with Gasteiger partial charge in [0.2, 0.25) is 0 Å². The Bertz CT molecular complexity index is 964. The molecule has 0 bridgehead atoms. The van der Waals surface area contributed by atoms with Gasteiger partial charge in [-0.1, -0.05) is 121 Å². The van der Waals surface area contributed by atoms with E-state index >= 15 is 0 Å². The van der Waals surface area contributed by atoms with E-state index < -0.39 is 15.8 Å². The van der Waals surface area contributed by atoms with Crippen molar-refractivity contribution in [2.75, 3.05) is 0 Å². The van der Waals surface area contributed by atoms with Gasteiger partial charge in [-0.2, -0.15) is 0 Å². The van der Waals surface area contributed by atoms with Crippen molar-refractivity contribution in [1.29, 1.82) is 0 Å². The van der Waals surface area contributed by atoms with Gasteiger partial charge in [0.1, 0.15) is 0 Å². The molecule has 4 rings (SSSR count). The third-order valence-corrected chi connectivity index (χ3v) is 9.79. The topological polar surface area (TPSA) is 0 Å². The summed E-state index contributed by atoms with van der Waals surface area (Å²) < 4.78 is 0. The third kappa shape index (κ3) is 4.91. The van der Waals surface area contributed by atoms with Gasteiger partial charge in [0.15, 0.2) is 0 Å². The van der Waals surface area contributed by atoms with Crippen LogP contribution in [0.25, 0.3) is 0 Å². The summed E-state index contributed by atoms with van der Waals surface area (Å²) in [6.45, 7) is 2.31. The van der Waals surface area contributed by atoms with Gasteiger partial charge in [-0.3, -0.25) is 0 Å². The van der Waals surface area contributed by atoms with Crippen LogP contribution in [0.1, 0.15) is 6.92 Å². The molecule has 0 saturated carbocycles. The lowest BCUT2D eigenvalue weighted by Crippen LogP contribution is -2.13. The van der Waals surface area contributed by atoms with Crippen LogP contribution in [-0.2, 0) is 0 Å². The van der Waals surface area contributed by atoms with Crippen molar-refractivity contribution in [3.63, 3.8) is 0 Å². The van der Waals surface area contributed by atoms with E-state index in [1.165, 1.54) is 26.5 Å². The summed E-state index contributed by atoms with van der Waals surface area (Å²) in [6, 6.07) is 43.7. The van der Waals surface area contributed by atoms with Crippen LogP contribution < -0.4 is 21.2 Å². The fourth-order valence-corrected chi connectivity index (χ4v) is 8.25. The van der Waals surface area contributed by atoms with Crippen molar-refractivity contribution >= 4 is 37.1 Å². The molecule has 2 heteroatoms. The molecule has 0 fully saturated rings. The van der Waals surface area contributed by atoms with Crippen molar-refractivity contribution < 1.29 is 0 Å². The molecule has 0 aliphatic rings. The van der Waals surface area contributed by atoms with E-state index in [1.807, 2.05) is 0 Å². The van der Waals surface area contributed by atoms with E-state index in [0.29, 0.717) is 0 Å². The monoisotopic (exact) mass is 410 g/mol. The van der Waals surface area contributed by atoms with Crippen LogP contribution in [0.5, 0.6) is 0 Å². The molecule has 0 heterocycles. The Morgan fingerprint density at radius 1 is 0.483 bits per heavy atom. The van der Waals surface area contributed by atoms with E-state index in [9.17, 15) is 0 Å². The van der Waals surface area contributed by atoms with Gasteiger partial charge < -0.3 is 0 Å². The average Bonchev–Trinajstić information content (AvgIpc) is 2.80. The second-order valence-corrected chi connectivity index (χ2v) is 11.3. The van der Waals surface area contributed by atoms with Gasteiger partial charge >= 0.3 is 0 Å². The van der Waals surface area contributed by atoms with Crippen molar-refractivity contribution in [1.82, 2.24) is 0 Å². The Kier molecular flexibility index (Phi) is 6.68. The Balaban J connectivity index is 1.81. The van der Waals surface area contributed by atoms with Gasteiger partial charge in [0, 0.05) is 0 Å². The normalized spacial score (nSPS) is 11.8. The number of benzene rings is 4. The summed E-state index contributed by atoms with van der Waals surface area (Å²) in [5.74, 6) is 2.53. The van der Waals surface area contributed by atoms with Crippen LogP contribution >= 0.6 is 15.8 Å². The minimum atomic E-state index is -0.549. The lowest BCUT2D eigenvalue weighted by atomic mass is 10.4. The first-order valence-electron chi connectivity index (χ1n) is 9.81. The Morgan fingerprint density at radius 2 is 0.793 bits per heavy atom. The van der Waals surface area contributed by atoms with Gasteiger partial charge in [0.05, 0.1) is 0 Å². The molecule has 0 aromatic heterocycles. The number of allylic oxidation sites excluding steroid dienone is 1. The molecule has 4 aromatic carbocycles. The first-order valence-corrected chi connectivity index (χ1v) is 12.6. The summed E-state index contributed by atoms with van der Waals surface area (Å²) in [4.78, 5) is 0. The molecule has 0 saturated heterocycles. The predicted molar refractivity (Wildman–Crippen MR) is 132 cm³/mol. The fraction of sp³-hybridized carbons (Fsp3) is 0.0370. The quantitative estimate of drug-likeness (QED) is 0.336. The Labute approximate surface area is 176 Å². The number of rotatable bonds is 6. The highest BCUT2D eigenvalue weighted by Gasteiger charge is 2.18. The third-order valence-electron chi connectivity index (χ3n) is 4.77. The highest BCUT2D eigenvalue weighted by Crippen LogP contribution is 2.48. The summed E-state index contributed by atoms with van der Waals surface area (Å²) in [6.07, 6.45) is 0. The zero-order chi connectivity index (χ0) is 19.9. The molecule has 142 valence electrons. The average molecular weight is 410 g/mol. The first kappa shape index (κ1) is 19.8. The van der Waals surface area contributed by atoms with Crippen LogP contribution in [0.15, 0.2) is 132 Å². The maximum atomic E-state index is 2.53. The number of hydrogen-bond acceptors (Lipinski definition) is 0. The van der Waals surface area contributed by atoms with Crippen LogP contribution in [0.4, 0.5) is 0 Å². The lowest BCUT2D eigenvalue weighted by Gasteiger charge is -2.23. The highest BCUT2D eigenvalue weighted by molar-refractivity contribution is 7.79. The highest BCUT2D eigenvalue weighted by atomic mass is 31.1. The van der Waals surface area contributed by atoms with Crippen LogP contribution in [0, 0.1) is 0 Å². The largest absolute Gasteiger partial charge is 0.0622 e. The standard InChI is InChI=1S/C27H24P2/c1-23(29(26-18-10-4-11-19-26)27-20-12-5-13-21-27)22-28(24-14-6-2-7-15-24)25-16-8-3-9-17-25/h2-22H,1H3. The molecule has 0 unspecified atom stereocenters. The van der Waals surface area contributed by atoms with Gasteiger partial charge in [-0.15, -0.1) is 0 Å². The Hall–Kier alpha value is -2.52. The van der Waals surface area contributed by atoms with Crippen molar-refractivity contribution in [3.8, 4) is 0 Å². The fourth-order valence-electron chi connectivity index (χ4n) is 3.43. The Morgan fingerprint density at radius 3 is 1.14 bits per heavy atom. The summed E-state index contributed by atoms with van der Waals surface area (Å²) >= 11 is 0. The van der Waals surface area contributed by atoms with E-state index in [1.54, 1.807) is 0 Å². The van der Waals surface area contributed by atoms with E-state index in [4.69, 9.17) is 0 Å². The molecule has 0 nitrogen and oxygen atoms in total. The van der Waals surface area contributed by atoms with E-state index in [-0.39, 0.29) is 0 Å². The zero-order valence-electron chi connectivity index (χ0n) is 16.5. The summed E-state index contributed by atoms with van der Waals surface area (Å²) in [5, 5.41) is 7.04. The maximum absolute atomic E-state index is 2.53. The second kappa shape index (κ2) is 9.80. The SMILES string of the molecule is CC(=CP(c1ccccc1)c1ccccc1)P(c1ccccc1)c1ccccc1. The smallest absolute Gasteiger partial charge is 0.0154 e. The molecule has 0 atom stereocenters. The lowest BCUT2D eigenvalue weighted by molar-refractivity contribution is 1.67. The maximum Gasteiger partial charge on any atom is -0.0154 e. The molecule has 0 radical (unpaired) electrons. The van der Waals surface area contributed by atoms with Crippen molar-refractivity contribution in [3.05, 3.63) is 132 Å². The molecule has 29 heavy (non-hydrogen) atoms. The predicted octanol–water partition coefficient (Wildman–Crippen LogP) is 6.11. The minimum Gasteiger partial charge on any atom is -0.0622 e. The van der Waals surface area contributed by atoms with Crippen molar-refractivity contribution in [2.45, 2.75) is 6.92 Å². The molecule has 4 aromatic rings. The summed E-state index contributed by atoms with van der Waals surface area (Å²) in [7, 11) is -1.10. The molecule has 0 aliphatic heterocycles. The van der Waals surface area contributed by atoms with E-state index in [2.05, 4.69) is 134 Å². The molecule has 0 N–H and O–H groups in total. The number of hydrogen-bond donors (Lipinski definition) is 0. The van der Waals surface area contributed by atoms with Gasteiger partial charge in [0.25, 0.3) is 0 Å². The van der Waals surface area contributed by atoms with Gasteiger partial charge in [-0.25, -0.2) is 0 Å². The van der Waals surface area contributed by atoms with Gasteiger partial charge in [-0.05, 0) is 55.1 Å². The molecular formula is C27H24P2. The first-order chi connectivity index (χ1) is 14.3. The van der Waals surface area contributed by atoms with Crippen LogP contribution in [-0.4, -0.2) is 0 Å². The summed E-state index contributed by atoms with van der Waals surface area (Å²) in [5.41, 5.74) is 0. The zero-order valence-corrected chi connectivity index (χ0v) is 18.3. The molecule has 0 aliphatic carbocycles. The van der Waals surface area contributed by atoms with Crippen LogP contribution in [0.3, 0.4) is 0 Å². The van der Waals surface area contributed by atoms with Crippen LogP contribution in [0.2, 0.25) is 0 Å². The molecule has 0 spiro atoms. The molecule has 0 amide bonds. The second-order valence-electron chi connectivity index (χ2n) is 6.82. The molecular weight excluding hydrogens is 386 g/mol. The minimum absolute atomic E-state index is 0.548. The van der Waals surface area contributed by atoms with Crippen molar-refractivity contribution in [2.24, 2.45) is 0 Å².